The van der Waals surface area contributed by atoms with Crippen molar-refractivity contribution in [3.8, 4) is 0 Å². The highest BCUT2D eigenvalue weighted by Gasteiger charge is 2.09. The van der Waals surface area contributed by atoms with Crippen molar-refractivity contribution in [2.45, 2.75) is 32.7 Å². The fourth-order valence-electron chi connectivity index (χ4n) is 1.61. The molecular weight excluding hydrogens is 302 g/mol. The number of aromatic nitrogens is 2. The van der Waals surface area contributed by atoms with Crippen molar-refractivity contribution in [1.29, 1.82) is 0 Å². The SMILES string of the molecule is CCCCn1ncc(NCCCS(C)(=O)=O)c(Cl)c1=O. The lowest BCUT2D eigenvalue weighted by Crippen LogP contribution is -2.24. The van der Waals surface area contributed by atoms with E-state index in [1.165, 1.54) is 17.1 Å². The van der Waals surface area contributed by atoms with Crippen LogP contribution in [0.15, 0.2) is 11.0 Å². The molecule has 1 heterocycles. The number of hydrogen-bond acceptors (Lipinski definition) is 5. The standard InChI is InChI=1S/C12H20ClN3O3S/c1-3-4-7-16-12(17)11(13)10(9-15-16)14-6-5-8-20(2,18)19/h9,14H,3-8H2,1-2H3. The van der Waals surface area contributed by atoms with Gasteiger partial charge in [-0.25, -0.2) is 13.1 Å². The number of hydrogen-bond donors (Lipinski definition) is 1. The molecule has 114 valence electrons. The van der Waals surface area contributed by atoms with E-state index in [9.17, 15) is 13.2 Å². The number of rotatable bonds is 8. The number of aryl methyl sites for hydroxylation is 1. The van der Waals surface area contributed by atoms with Crippen LogP contribution in [0.4, 0.5) is 5.69 Å². The van der Waals surface area contributed by atoms with Crippen molar-refractivity contribution >= 4 is 27.1 Å². The summed E-state index contributed by atoms with van der Waals surface area (Å²) in [6, 6.07) is 0. The molecule has 0 radical (unpaired) electrons. The maximum absolute atomic E-state index is 11.9. The number of unbranched alkanes of at least 4 members (excludes halogenated alkanes) is 1. The first-order chi connectivity index (χ1) is 9.35. The predicted molar refractivity (Wildman–Crippen MR) is 81.2 cm³/mol. The van der Waals surface area contributed by atoms with E-state index in [0.29, 0.717) is 25.2 Å². The van der Waals surface area contributed by atoms with Gasteiger partial charge in [0.05, 0.1) is 17.6 Å². The maximum atomic E-state index is 11.9. The monoisotopic (exact) mass is 321 g/mol. The molecule has 0 spiro atoms. The first-order valence-electron chi connectivity index (χ1n) is 6.52. The van der Waals surface area contributed by atoms with Crippen LogP contribution < -0.4 is 10.9 Å². The van der Waals surface area contributed by atoms with Crippen molar-refractivity contribution in [3.05, 3.63) is 21.6 Å². The predicted octanol–water partition coefficient (Wildman–Crippen LogP) is 1.54. The number of anilines is 1. The zero-order valence-corrected chi connectivity index (χ0v) is 13.3. The summed E-state index contributed by atoms with van der Waals surface area (Å²) in [6.07, 6.45) is 4.98. The average Bonchev–Trinajstić information content (AvgIpc) is 2.37. The zero-order chi connectivity index (χ0) is 15.2. The molecule has 0 saturated carbocycles. The van der Waals surface area contributed by atoms with Gasteiger partial charge in [0.25, 0.3) is 5.56 Å². The molecule has 0 bridgehead atoms. The van der Waals surface area contributed by atoms with Gasteiger partial charge in [0, 0.05) is 19.3 Å². The molecule has 8 heteroatoms. The fraction of sp³-hybridized carbons (Fsp3) is 0.667. The molecule has 1 aromatic rings. The minimum absolute atomic E-state index is 0.0930. The van der Waals surface area contributed by atoms with Gasteiger partial charge in [-0.2, -0.15) is 5.10 Å². The molecule has 0 atom stereocenters. The number of halogens is 1. The second kappa shape index (κ2) is 7.64. The molecule has 0 saturated heterocycles. The van der Waals surface area contributed by atoms with Crippen molar-refractivity contribution in [1.82, 2.24) is 9.78 Å². The minimum atomic E-state index is -2.97. The third kappa shape index (κ3) is 5.50. The van der Waals surface area contributed by atoms with Gasteiger partial charge in [0.1, 0.15) is 14.9 Å². The van der Waals surface area contributed by atoms with E-state index in [2.05, 4.69) is 10.4 Å². The zero-order valence-electron chi connectivity index (χ0n) is 11.7. The lowest BCUT2D eigenvalue weighted by molar-refractivity contribution is 0.543. The smallest absolute Gasteiger partial charge is 0.287 e. The Balaban J connectivity index is 2.64. The summed E-state index contributed by atoms with van der Waals surface area (Å²) in [5, 5.41) is 7.07. The van der Waals surface area contributed by atoms with E-state index < -0.39 is 9.84 Å². The highest BCUT2D eigenvalue weighted by molar-refractivity contribution is 7.90. The normalized spacial score (nSPS) is 11.6. The second-order valence-corrected chi connectivity index (χ2v) is 7.30. The summed E-state index contributed by atoms with van der Waals surface area (Å²) in [7, 11) is -2.97. The third-order valence-corrected chi connectivity index (χ3v) is 4.11. The van der Waals surface area contributed by atoms with Gasteiger partial charge in [0.2, 0.25) is 0 Å². The fourth-order valence-corrected chi connectivity index (χ4v) is 2.49. The topological polar surface area (TPSA) is 81.1 Å². The van der Waals surface area contributed by atoms with Crippen LogP contribution in [0.25, 0.3) is 0 Å². The Hall–Kier alpha value is -1.08. The largest absolute Gasteiger partial charge is 0.382 e. The summed E-state index contributed by atoms with van der Waals surface area (Å²) < 4.78 is 23.3. The summed E-state index contributed by atoms with van der Waals surface area (Å²) in [6.45, 7) is 3.00. The lowest BCUT2D eigenvalue weighted by atomic mass is 10.3. The van der Waals surface area contributed by atoms with Gasteiger partial charge in [-0.05, 0) is 12.8 Å². The number of nitrogens with zero attached hydrogens (tertiary/aromatic N) is 2. The summed E-state index contributed by atoms with van der Waals surface area (Å²) in [5.74, 6) is 0.0958. The molecule has 0 aliphatic carbocycles. The Morgan fingerprint density at radius 1 is 1.40 bits per heavy atom. The number of sulfone groups is 1. The molecular formula is C12H20ClN3O3S. The van der Waals surface area contributed by atoms with Crippen LogP contribution in [0.1, 0.15) is 26.2 Å². The molecule has 0 fully saturated rings. The molecule has 1 aromatic heterocycles. The summed E-state index contributed by atoms with van der Waals surface area (Å²) in [5.41, 5.74) is 0.117. The van der Waals surface area contributed by atoms with Gasteiger partial charge in [0.15, 0.2) is 0 Å². The Bertz CT molecular complexity index is 598. The molecule has 1 N–H and O–H groups in total. The van der Waals surface area contributed by atoms with E-state index in [4.69, 9.17) is 11.6 Å². The first-order valence-corrected chi connectivity index (χ1v) is 8.96. The summed E-state index contributed by atoms with van der Waals surface area (Å²) in [4.78, 5) is 11.9. The van der Waals surface area contributed by atoms with Crippen molar-refractivity contribution < 1.29 is 8.42 Å². The van der Waals surface area contributed by atoms with Crippen LogP contribution in [0, 0.1) is 0 Å². The Kier molecular flexibility index (Phi) is 6.48. The van der Waals surface area contributed by atoms with Crippen molar-refractivity contribution in [3.63, 3.8) is 0 Å². The highest BCUT2D eigenvalue weighted by atomic mass is 35.5. The van der Waals surface area contributed by atoms with Crippen molar-refractivity contribution in [2.24, 2.45) is 0 Å². The molecule has 6 nitrogen and oxygen atoms in total. The van der Waals surface area contributed by atoms with E-state index in [1.807, 2.05) is 6.92 Å². The van der Waals surface area contributed by atoms with Gasteiger partial charge in [-0.1, -0.05) is 24.9 Å². The molecule has 0 unspecified atom stereocenters. The highest BCUT2D eigenvalue weighted by Crippen LogP contribution is 2.15. The lowest BCUT2D eigenvalue weighted by Gasteiger charge is -2.09. The van der Waals surface area contributed by atoms with Crippen LogP contribution in [-0.2, 0) is 16.4 Å². The van der Waals surface area contributed by atoms with Crippen LogP contribution in [-0.4, -0.2) is 36.8 Å². The molecule has 0 amide bonds. The maximum Gasteiger partial charge on any atom is 0.287 e. The third-order valence-electron chi connectivity index (χ3n) is 2.72. The Labute approximate surface area is 124 Å². The van der Waals surface area contributed by atoms with E-state index in [-0.39, 0.29) is 16.3 Å². The van der Waals surface area contributed by atoms with Gasteiger partial charge in [-0.3, -0.25) is 4.79 Å². The number of nitrogens with one attached hydrogen (secondary N) is 1. The molecule has 0 aliphatic heterocycles. The first kappa shape index (κ1) is 17.0. The molecule has 0 aliphatic rings. The van der Waals surface area contributed by atoms with Gasteiger partial charge >= 0.3 is 0 Å². The van der Waals surface area contributed by atoms with E-state index in [0.717, 1.165) is 12.8 Å². The van der Waals surface area contributed by atoms with Crippen LogP contribution in [0.3, 0.4) is 0 Å². The Morgan fingerprint density at radius 3 is 2.70 bits per heavy atom. The summed E-state index contributed by atoms with van der Waals surface area (Å²) >= 11 is 5.99. The molecule has 20 heavy (non-hydrogen) atoms. The van der Waals surface area contributed by atoms with E-state index in [1.54, 1.807) is 0 Å². The van der Waals surface area contributed by atoms with Gasteiger partial charge < -0.3 is 5.32 Å². The van der Waals surface area contributed by atoms with Gasteiger partial charge in [-0.15, -0.1) is 0 Å². The molecule has 0 aromatic carbocycles. The van der Waals surface area contributed by atoms with E-state index >= 15 is 0 Å². The van der Waals surface area contributed by atoms with Crippen molar-refractivity contribution in [2.75, 3.05) is 23.9 Å². The van der Waals surface area contributed by atoms with Crippen LogP contribution >= 0.6 is 11.6 Å². The molecule has 1 rings (SSSR count). The second-order valence-electron chi connectivity index (χ2n) is 4.66. The average molecular weight is 322 g/mol. The van der Waals surface area contributed by atoms with Crippen LogP contribution in [0.2, 0.25) is 5.02 Å². The quantitative estimate of drug-likeness (QED) is 0.735. The minimum Gasteiger partial charge on any atom is -0.382 e. The van der Waals surface area contributed by atoms with Crippen LogP contribution in [0.5, 0.6) is 0 Å². The Morgan fingerprint density at radius 2 is 2.10 bits per heavy atom.